The van der Waals surface area contributed by atoms with Crippen LogP contribution in [0.1, 0.15) is 41.1 Å². The minimum atomic E-state index is -4.65. The van der Waals surface area contributed by atoms with Crippen molar-refractivity contribution in [2.75, 3.05) is 11.4 Å². The SMILES string of the molecule is Cc1cc(N2CCCC2CC(=O)c2cnn(C)c2)n2nc(C(F)(F)F)nc2n1. The molecule has 4 heterocycles. The summed E-state index contributed by atoms with van der Waals surface area (Å²) >= 11 is 0. The fourth-order valence-corrected chi connectivity index (χ4v) is 3.54. The summed E-state index contributed by atoms with van der Waals surface area (Å²) in [4.78, 5) is 22.1. The number of aromatic nitrogens is 6. The Labute approximate surface area is 158 Å². The summed E-state index contributed by atoms with van der Waals surface area (Å²) in [6.07, 6.45) is 0.353. The van der Waals surface area contributed by atoms with E-state index in [9.17, 15) is 18.0 Å². The Balaban J connectivity index is 1.68. The molecule has 0 bridgehead atoms. The summed E-state index contributed by atoms with van der Waals surface area (Å²) in [6, 6.07) is 1.53. The third-order valence-corrected chi connectivity index (χ3v) is 4.79. The molecule has 0 saturated carbocycles. The van der Waals surface area contributed by atoms with Crippen LogP contribution >= 0.6 is 0 Å². The molecule has 28 heavy (non-hydrogen) atoms. The average molecular weight is 393 g/mol. The molecule has 1 aliphatic rings. The lowest BCUT2D eigenvalue weighted by molar-refractivity contribution is -0.144. The summed E-state index contributed by atoms with van der Waals surface area (Å²) in [5, 5.41) is 7.64. The second-order valence-corrected chi connectivity index (χ2v) is 6.92. The molecule has 3 aromatic heterocycles. The van der Waals surface area contributed by atoms with E-state index in [0.717, 1.165) is 17.4 Å². The molecule has 0 aromatic carbocycles. The zero-order valence-corrected chi connectivity index (χ0v) is 15.3. The first kappa shape index (κ1) is 18.4. The maximum atomic E-state index is 13.0. The van der Waals surface area contributed by atoms with Gasteiger partial charge in [-0.2, -0.15) is 27.8 Å². The molecule has 0 spiro atoms. The Morgan fingerprint density at radius 1 is 1.32 bits per heavy atom. The molecule has 1 atom stereocenters. The number of carbonyl (C=O) groups excluding carboxylic acids is 1. The van der Waals surface area contributed by atoms with Crippen LogP contribution in [0.3, 0.4) is 0 Å². The number of alkyl halides is 3. The molecule has 0 aliphatic carbocycles. The molecule has 0 radical (unpaired) electrons. The van der Waals surface area contributed by atoms with E-state index in [1.165, 1.54) is 6.20 Å². The van der Waals surface area contributed by atoms with Gasteiger partial charge < -0.3 is 4.90 Å². The van der Waals surface area contributed by atoms with Crippen LogP contribution in [0.15, 0.2) is 18.5 Å². The smallest absolute Gasteiger partial charge is 0.353 e. The van der Waals surface area contributed by atoms with Crippen LogP contribution in [0, 0.1) is 6.92 Å². The van der Waals surface area contributed by atoms with Gasteiger partial charge in [-0.3, -0.25) is 9.48 Å². The molecule has 1 unspecified atom stereocenters. The second-order valence-electron chi connectivity index (χ2n) is 6.92. The largest absolute Gasteiger partial charge is 0.453 e. The molecule has 148 valence electrons. The lowest BCUT2D eigenvalue weighted by Gasteiger charge is -2.26. The maximum Gasteiger partial charge on any atom is 0.453 e. The Morgan fingerprint density at radius 2 is 2.11 bits per heavy atom. The summed E-state index contributed by atoms with van der Waals surface area (Å²) < 4.78 is 41.8. The first-order valence-corrected chi connectivity index (χ1v) is 8.82. The highest BCUT2D eigenvalue weighted by molar-refractivity contribution is 5.96. The number of fused-ring (bicyclic) bond motifs is 1. The standard InChI is InChI=1S/C17H18F3N7O/c1-10-6-14(27-16(22-10)23-15(24-27)17(18,19)20)26-5-3-4-12(26)7-13(28)11-8-21-25(2)9-11/h6,8-9,12H,3-5,7H2,1-2H3. The summed E-state index contributed by atoms with van der Waals surface area (Å²) in [5.41, 5.74) is 1.05. The molecule has 0 amide bonds. The number of nitrogens with zero attached hydrogens (tertiary/aromatic N) is 7. The number of hydrogen-bond donors (Lipinski definition) is 0. The van der Waals surface area contributed by atoms with Gasteiger partial charge in [0.15, 0.2) is 5.78 Å². The van der Waals surface area contributed by atoms with E-state index < -0.39 is 12.0 Å². The first-order valence-electron chi connectivity index (χ1n) is 8.82. The normalized spacial score (nSPS) is 17.6. The van der Waals surface area contributed by atoms with Gasteiger partial charge >= 0.3 is 6.18 Å². The average Bonchev–Trinajstić information content (AvgIpc) is 3.32. The third kappa shape index (κ3) is 3.32. The van der Waals surface area contributed by atoms with Crippen molar-refractivity contribution in [1.29, 1.82) is 0 Å². The second kappa shape index (κ2) is 6.57. The van der Waals surface area contributed by atoms with Gasteiger partial charge in [-0.25, -0.2) is 4.98 Å². The van der Waals surface area contributed by atoms with Gasteiger partial charge in [-0.15, -0.1) is 5.10 Å². The molecule has 0 N–H and O–H groups in total. The molecule has 1 aliphatic heterocycles. The minimum Gasteiger partial charge on any atom is -0.353 e. The first-order chi connectivity index (χ1) is 13.2. The van der Waals surface area contributed by atoms with Crippen molar-refractivity contribution >= 4 is 17.4 Å². The van der Waals surface area contributed by atoms with E-state index in [2.05, 4.69) is 20.2 Å². The maximum absolute atomic E-state index is 13.0. The zero-order chi connectivity index (χ0) is 20.1. The van der Waals surface area contributed by atoms with Crippen molar-refractivity contribution in [3.8, 4) is 0 Å². The summed E-state index contributed by atoms with van der Waals surface area (Å²) in [6.45, 7) is 2.31. The zero-order valence-electron chi connectivity index (χ0n) is 15.3. The van der Waals surface area contributed by atoms with Crippen molar-refractivity contribution in [2.45, 2.75) is 38.4 Å². The predicted octanol–water partition coefficient (Wildman–Crippen LogP) is 2.43. The predicted molar refractivity (Wildman–Crippen MR) is 93.0 cm³/mol. The molecule has 4 rings (SSSR count). The van der Waals surface area contributed by atoms with Crippen molar-refractivity contribution in [2.24, 2.45) is 7.05 Å². The van der Waals surface area contributed by atoms with Crippen LogP contribution in [-0.2, 0) is 13.2 Å². The van der Waals surface area contributed by atoms with Gasteiger partial charge in [0.25, 0.3) is 11.6 Å². The molecular formula is C17H18F3N7O. The van der Waals surface area contributed by atoms with Crippen molar-refractivity contribution in [3.05, 3.63) is 35.5 Å². The molecule has 3 aromatic rings. The van der Waals surface area contributed by atoms with Gasteiger partial charge in [0.2, 0.25) is 0 Å². The number of Topliss-reactive ketones (excluding diaryl/α,β-unsaturated/α-hetero) is 1. The van der Waals surface area contributed by atoms with E-state index in [1.807, 2.05) is 4.90 Å². The van der Waals surface area contributed by atoms with Gasteiger partial charge in [0.1, 0.15) is 5.82 Å². The lowest BCUT2D eigenvalue weighted by atomic mass is 10.0. The van der Waals surface area contributed by atoms with E-state index in [4.69, 9.17) is 0 Å². The summed E-state index contributed by atoms with van der Waals surface area (Å²) in [5.74, 6) is -0.922. The van der Waals surface area contributed by atoms with Crippen LogP contribution in [-0.4, -0.2) is 47.7 Å². The van der Waals surface area contributed by atoms with E-state index in [-0.39, 0.29) is 24.0 Å². The van der Waals surface area contributed by atoms with E-state index in [1.54, 1.807) is 30.9 Å². The number of hydrogen-bond acceptors (Lipinski definition) is 6. The van der Waals surface area contributed by atoms with Crippen LogP contribution in [0.2, 0.25) is 0 Å². The highest BCUT2D eigenvalue weighted by Gasteiger charge is 2.37. The Hall–Kier alpha value is -2.98. The van der Waals surface area contributed by atoms with Crippen LogP contribution in [0.4, 0.5) is 19.0 Å². The Bertz CT molecular complexity index is 1040. The van der Waals surface area contributed by atoms with Crippen LogP contribution < -0.4 is 4.90 Å². The van der Waals surface area contributed by atoms with E-state index in [0.29, 0.717) is 23.6 Å². The van der Waals surface area contributed by atoms with Gasteiger partial charge in [0, 0.05) is 44.0 Å². The fraction of sp³-hybridized carbons (Fsp3) is 0.471. The monoisotopic (exact) mass is 393 g/mol. The molecule has 1 saturated heterocycles. The number of halogens is 3. The van der Waals surface area contributed by atoms with Crippen molar-refractivity contribution in [3.63, 3.8) is 0 Å². The number of anilines is 1. The number of ketones is 1. The number of rotatable bonds is 4. The Kier molecular flexibility index (Phi) is 4.31. The van der Waals surface area contributed by atoms with Crippen LogP contribution in [0.5, 0.6) is 0 Å². The number of carbonyl (C=O) groups is 1. The highest BCUT2D eigenvalue weighted by Crippen LogP contribution is 2.31. The topological polar surface area (TPSA) is 81.2 Å². The van der Waals surface area contributed by atoms with Crippen molar-refractivity contribution in [1.82, 2.24) is 29.4 Å². The number of aryl methyl sites for hydroxylation is 2. The fourth-order valence-electron chi connectivity index (χ4n) is 3.54. The molecular weight excluding hydrogens is 375 g/mol. The molecule has 11 heteroatoms. The summed E-state index contributed by atoms with van der Waals surface area (Å²) in [7, 11) is 1.73. The lowest BCUT2D eigenvalue weighted by Crippen LogP contribution is -2.33. The van der Waals surface area contributed by atoms with Gasteiger partial charge in [-0.05, 0) is 19.8 Å². The van der Waals surface area contributed by atoms with Crippen LogP contribution in [0.25, 0.3) is 5.78 Å². The van der Waals surface area contributed by atoms with Gasteiger partial charge in [-0.1, -0.05) is 0 Å². The third-order valence-electron chi connectivity index (χ3n) is 4.79. The minimum absolute atomic E-state index is 0.0541. The quantitative estimate of drug-likeness (QED) is 0.634. The molecule has 1 fully saturated rings. The Morgan fingerprint density at radius 3 is 2.79 bits per heavy atom. The van der Waals surface area contributed by atoms with Gasteiger partial charge in [0.05, 0.1) is 11.8 Å². The van der Waals surface area contributed by atoms with E-state index >= 15 is 0 Å². The molecule has 8 nitrogen and oxygen atoms in total. The highest BCUT2D eigenvalue weighted by atomic mass is 19.4. The van der Waals surface area contributed by atoms with Crippen molar-refractivity contribution < 1.29 is 18.0 Å².